The molecule has 0 unspecified atom stereocenters. The highest BCUT2D eigenvalue weighted by Crippen LogP contribution is 2.45. The van der Waals surface area contributed by atoms with Crippen LogP contribution >= 0.6 is 11.3 Å². The topological polar surface area (TPSA) is 128 Å². The monoisotopic (exact) mass is 588 g/mol. The molecule has 41 heavy (non-hydrogen) atoms. The Hall–Kier alpha value is -4.19. The van der Waals surface area contributed by atoms with E-state index < -0.39 is 26.7 Å². The van der Waals surface area contributed by atoms with E-state index in [0.29, 0.717) is 10.7 Å². The minimum absolute atomic E-state index is 0.0740. The van der Waals surface area contributed by atoms with Gasteiger partial charge >= 0.3 is 5.97 Å². The Balaban J connectivity index is 1.54. The second-order valence-electron chi connectivity index (χ2n) is 10.2. The molecule has 11 heteroatoms. The molecule has 8 nitrogen and oxygen atoms in total. The number of benzene rings is 3. The lowest BCUT2D eigenvalue weighted by molar-refractivity contribution is 0.0691. The zero-order valence-corrected chi connectivity index (χ0v) is 23.5. The largest absolute Gasteiger partial charge is 0.476 e. The zero-order chi connectivity index (χ0) is 28.9. The predicted octanol–water partition coefficient (Wildman–Crippen LogP) is 5.92. The van der Waals surface area contributed by atoms with Crippen molar-refractivity contribution < 1.29 is 22.7 Å². The summed E-state index contributed by atoms with van der Waals surface area (Å²) in [5.74, 6) is -1.84. The Kier molecular flexibility index (Phi) is 6.80. The highest BCUT2D eigenvalue weighted by atomic mass is 32.2. The number of aromatic carboxylic acids is 1. The van der Waals surface area contributed by atoms with Crippen LogP contribution in [0.3, 0.4) is 0 Å². The maximum atomic E-state index is 14.8. The molecule has 0 radical (unpaired) electrons. The number of halogens is 1. The number of hydrogen-bond donors (Lipinski definition) is 2. The third kappa shape index (κ3) is 5.43. The molecular formula is C30H25FN4O4S2. The van der Waals surface area contributed by atoms with E-state index in [2.05, 4.69) is 23.2 Å². The quantitative estimate of drug-likeness (QED) is 0.231. The molecule has 1 saturated carbocycles. The summed E-state index contributed by atoms with van der Waals surface area (Å²) < 4.78 is 40.0. The number of sulfonamides is 1. The number of aryl methyl sites for hydroxylation is 1. The first kappa shape index (κ1) is 27.0. The Morgan fingerprint density at radius 1 is 1.07 bits per heavy atom. The van der Waals surface area contributed by atoms with E-state index in [1.165, 1.54) is 28.8 Å². The van der Waals surface area contributed by atoms with E-state index >= 15 is 0 Å². The van der Waals surface area contributed by atoms with Crippen LogP contribution in [0.5, 0.6) is 0 Å². The van der Waals surface area contributed by atoms with Crippen molar-refractivity contribution in [1.82, 2.24) is 14.8 Å². The van der Waals surface area contributed by atoms with Gasteiger partial charge in [-0.05, 0) is 54.7 Å². The van der Waals surface area contributed by atoms with Crippen molar-refractivity contribution in [2.24, 2.45) is 5.14 Å². The minimum atomic E-state index is -4.20. The van der Waals surface area contributed by atoms with Gasteiger partial charge in [0.05, 0.1) is 11.4 Å². The van der Waals surface area contributed by atoms with Gasteiger partial charge in [0.1, 0.15) is 10.7 Å². The molecule has 0 bridgehead atoms. The number of hydrogen-bond acceptors (Lipinski definition) is 6. The molecule has 208 valence electrons. The lowest BCUT2D eigenvalue weighted by atomic mass is 9.95. The summed E-state index contributed by atoms with van der Waals surface area (Å²) in [4.78, 5) is 15.4. The van der Waals surface area contributed by atoms with Crippen LogP contribution in [0.25, 0.3) is 27.5 Å². The SMILES string of the molecule is Cc1ccc(-c2cccc(-c3c(Cc4ccc(S(N)(=O)=O)c(F)c4)c(C4CC4)nn3-c3nc(C(=O)O)cs3)c2)cc1. The zero-order valence-electron chi connectivity index (χ0n) is 21.9. The molecule has 1 aliphatic carbocycles. The molecule has 2 heterocycles. The van der Waals surface area contributed by atoms with Gasteiger partial charge < -0.3 is 5.11 Å². The number of thiazole rings is 1. The molecule has 0 spiro atoms. The number of carboxylic acids is 1. The molecule has 0 atom stereocenters. The second kappa shape index (κ2) is 10.3. The van der Waals surface area contributed by atoms with Gasteiger partial charge in [0.2, 0.25) is 15.2 Å². The predicted molar refractivity (Wildman–Crippen MR) is 154 cm³/mol. The van der Waals surface area contributed by atoms with Crippen molar-refractivity contribution >= 4 is 27.3 Å². The third-order valence-corrected chi connectivity index (χ3v) is 8.84. The average molecular weight is 589 g/mol. The van der Waals surface area contributed by atoms with E-state index in [9.17, 15) is 22.7 Å². The average Bonchev–Trinajstić information content (AvgIpc) is 3.52. The first-order valence-corrected chi connectivity index (χ1v) is 15.3. The number of rotatable bonds is 8. The van der Waals surface area contributed by atoms with Gasteiger partial charge in [-0.2, -0.15) is 5.10 Å². The number of nitrogens with zero attached hydrogens (tertiary/aromatic N) is 3. The van der Waals surface area contributed by atoms with Gasteiger partial charge in [-0.1, -0.05) is 54.1 Å². The van der Waals surface area contributed by atoms with Crippen LogP contribution in [0.15, 0.2) is 77.0 Å². The van der Waals surface area contributed by atoms with Crippen LogP contribution in [0.4, 0.5) is 4.39 Å². The molecule has 1 fully saturated rings. The van der Waals surface area contributed by atoms with Gasteiger partial charge in [0.15, 0.2) is 5.69 Å². The summed E-state index contributed by atoms with van der Waals surface area (Å²) in [6, 6.07) is 20.1. The van der Waals surface area contributed by atoms with E-state index in [0.717, 1.165) is 52.0 Å². The van der Waals surface area contributed by atoms with Crippen molar-refractivity contribution in [3.63, 3.8) is 0 Å². The molecule has 1 aliphatic rings. The van der Waals surface area contributed by atoms with Crippen LogP contribution in [0, 0.1) is 12.7 Å². The maximum Gasteiger partial charge on any atom is 0.355 e. The fourth-order valence-electron chi connectivity index (χ4n) is 4.90. The van der Waals surface area contributed by atoms with Crippen molar-refractivity contribution in [1.29, 1.82) is 0 Å². The third-order valence-electron chi connectivity index (χ3n) is 7.08. The molecular weight excluding hydrogens is 563 g/mol. The fourth-order valence-corrected chi connectivity index (χ4v) is 6.24. The van der Waals surface area contributed by atoms with Gasteiger partial charge in [0.25, 0.3) is 0 Å². The Morgan fingerprint density at radius 3 is 2.44 bits per heavy atom. The van der Waals surface area contributed by atoms with E-state index in [1.807, 2.05) is 37.3 Å². The van der Waals surface area contributed by atoms with Crippen LogP contribution in [0.1, 0.15) is 51.6 Å². The standard InChI is InChI=1S/C30H25FN4O4S2/c1-17-5-8-19(9-6-17)21-3-2-4-22(15-21)28-23(13-18-7-12-26(24(31)14-18)41(32,38)39)27(20-10-11-20)34-35(28)30-33-25(16-40-30)29(36)37/h2-9,12,14-16,20H,10-11,13H2,1H3,(H,36,37)(H2,32,38,39). The van der Waals surface area contributed by atoms with Crippen molar-refractivity contribution in [2.75, 3.05) is 0 Å². The number of carbonyl (C=O) groups is 1. The van der Waals surface area contributed by atoms with Crippen molar-refractivity contribution in [3.05, 3.63) is 106 Å². The molecule has 3 N–H and O–H groups in total. The van der Waals surface area contributed by atoms with Crippen LogP contribution in [-0.4, -0.2) is 34.3 Å². The lowest BCUT2D eigenvalue weighted by Gasteiger charge is -2.12. The van der Waals surface area contributed by atoms with Crippen LogP contribution in [-0.2, 0) is 16.4 Å². The molecule has 5 aromatic rings. The Morgan fingerprint density at radius 2 is 1.80 bits per heavy atom. The smallest absolute Gasteiger partial charge is 0.355 e. The van der Waals surface area contributed by atoms with E-state index in [-0.39, 0.29) is 18.0 Å². The highest BCUT2D eigenvalue weighted by Gasteiger charge is 2.33. The van der Waals surface area contributed by atoms with Crippen molar-refractivity contribution in [2.45, 2.75) is 37.0 Å². The molecule has 6 rings (SSSR count). The second-order valence-corrected chi connectivity index (χ2v) is 12.5. The molecule has 0 aliphatic heterocycles. The Bertz CT molecular complexity index is 1910. The van der Waals surface area contributed by atoms with E-state index in [1.54, 1.807) is 10.7 Å². The number of aromatic nitrogens is 3. The number of nitrogens with two attached hydrogens (primary N) is 1. The van der Waals surface area contributed by atoms with Gasteiger partial charge in [0, 0.05) is 28.8 Å². The number of carboxylic acid groups (broad SMARTS) is 1. The van der Waals surface area contributed by atoms with Gasteiger partial charge in [-0.15, -0.1) is 11.3 Å². The maximum absolute atomic E-state index is 14.8. The van der Waals surface area contributed by atoms with Crippen LogP contribution < -0.4 is 5.14 Å². The fraction of sp³-hybridized carbons (Fsp3) is 0.167. The first-order chi connectivity index (χ1) is 19.6. The minimum Gasteiger partial charge on any atom is -0.476 e. The summed E-state index contributed by atoms with van der Waals surface area (Å²) in [7, 11) is -4.20. The summed E-state index contributed by atoms with van der Waals surface area (Å²) >= 11 is 1.18. The first-order valence-electron chi connectivity index (χ1n) is 12.9. The van der Waals surface area contributed by atoms with Crippen LogP contribution in [0.2, 0.25) is 0 Å². The van der Waals surface area contributed by atoms with E-state index in [4.69, 9.17) is 10.2 Å². The molecule has 0 saturated heterocycles. The summed E-state index contributed by atoms with van der Waals surface area (Å²) in [5, 5.41) is 21.5. The summed E-state index contributed by atoms with van der Waals surface area (Å²) in [5.41, 5.74) is 6.91. The number of primary sulfonamides is 1. The molecule has 3 aromatic carbocycles. The highest BCUT2D eigenvalue weighted by molar-refractivity contribution is 7.89. The van der Waals surface area contributed by atoms with Gasteiger partial charge in [-0.25, -0.2) is 32.4 Å². The lowest BCUT2D eigenvalue weighted by Crippen LogP contribution is -2.14. The molecule has 0 amide bonds. The van der Waals surface area contributed by atoms with Crippen molar-refractivity contribution in [3.8, 4) is 27.5 Å². The van der Waals surface area contributed by atoms with Gasteiger partial charge in [-0.3, -0.25) is 0 Å². The Labute approximate surface area is 240 Å². The summed E-state index contributed by atoms with van der Waals surface area (Å²) in [6.07, 6.45) is 2.17. The summed E-state index contributed by atoms with van der Waals surface area (Å²) in [6.45, 7) is 2.03. The molecule has 2 aromatic heterocycles. The normalized spacial score (nSPS) is 13.4.